The maximum atomic E-state index is 12.7. The Kier molecular flexibility index (Phi) is 39.0. The van der Waals surface area contributed by atoms with Gasteiger partial charge in [-0.05, 0) is 60.2 Å². The van der Waals surface area contributed by atoms with Gasteiger partial charge in [0.15, 0.2) is 0 Å². The zero-order chi connectivity index (χ0) is 45.3. The van der Waals surface area contributed by atoms with E-state index in [9.17, 15) is 29.4 Å². The number of hydrogen-bond donors (Lipinski definition) is 0. The summed E-state index contributed by atoms with van der Waals surface area (Å²) >= 11 is 0. The van der Waals surface area contributed by atoms with Crippen LogP contribution in [0.25, 0.3) is 0 Å². The van der Waals surface area contributed by atoms with Crippen molar-refractivity contribution < 1.29 is 55.9 Å². The average molecular weight is 906 g/mol. The van der Waals surface area contributed by atoms with E-state index in [1.165, 1.54) is 99.7 Å². The van der Waals surface area contributed by atoms with E-state index in [-0.39, 0.29) is 56.5 Å². The first-order valence-corrected chi connectivity index (χ1v) is 24.5. The molecule has 0 aromatic rings. The van der Waals surface area contributed by atoms with Gasteiger partial charge in [-0.25, -0.2) is 0 Å². The predicted octanol–water partition coefficient (Wildman–Crippen LogP) is 9.10. The van der Waals surface area contributed by atoms with Crippen LogP contribution in [0.15, 0.2) is 0 Å². The Morgan fingerprint density at radius 2 is 0.607 bits per heavy atom. The predicted molar refractivity (Wildman–Crippen MR) is 242 cm³/mol. The molecule has 0 spiro atoms. The number of carboxylic acids is 2. The first-order chi connectivity index (χ1) is 28.4. The van der Waals surface area contributed by atoms with Crippen molar-refractivity contribution in [2.75, 3.05) is 52.5 Å². The van der Waals surface area contributed by atoms with E-state index in [4.69, 9.17) is 9.47 Å². The molecule has 0 aliphatic rings. The van der Waals surface area contributed by atoms with Crippen molar-refractivity contribution in [1.29, 1.82) is 0 Å². The molecule has 0 rings (SSSR count). The number of carboxylic acid groups (broad SMARTS) is 2. The molecule has 0 heterocycles. The summed E-state index contributed by atoms with van der Waals surface area (Å²) < 4.78 is 10.9. The van der Waals surface area contributed by atoms with Crippen molar-refractivity contribution in [3.05, 3.63) is 0 Å². The van der Waals surface area contributed by atoms with E-state index in [1.54, 1.807) is 0 Å². The van der Waals surface area contributed by atoms with Crippen LogP contribution in [0.5, 0.6) is 0 Å². The van der Waals surface area contributed by atoms with E-state index in [2.05, 4.69) is 69.2 Å². The number of nitrogens with zero attached hydrogens (tertiary/aromatic N) is 2. The van der Waals surface area contributed by atoms with Crippen LogP contribution in [0, 0.1) is 47.3 Å². The van der Waals surface area contributed by atoms with Crippen LogP contribution in [0.2, 0.25) is 0 Å². The summed E-state index contributed by atoms with van der Waals surface area (Å²) in [6.45, 7) is 21.9. The standard InChI is InChI=1S/C50H96N2O8.Mn/c1-39(2)17-11-19-41(5)21-13-23-43(7)25-15-27-45(9)29-33-59-49(57)37-51(35-47(53)54)31-32-52(36-48(55)56)38-50(58)60-34-30-46(10)28-16-26-44(8)24-14-22-42(6)20-12-18-40(3)4;/h39-46H,11-38H2,1-10H3,(H,53,54)(H,55,56);/q;+2/p-2. The van der Waals surface area contributed by atoms with Crippen molar-refractivity contribution in [2.45, 2.75) is 198 Å². The summed E-state index contributed by atoms with van der Waals surface area (Å²) in [4.78, 5) is 51.0. The molecule has 6 unspecified atom stereocenters. The minimum atomic E-state index is -1.37. The van der Waals surface area contributed by atoms with Gasteiger partial charge in [-0.3, -0.25) is 19.4 Å². The molecule has 359 valence electrons. The SMILES string of the molecule is CC(C)CCCC(C)CCCC(C)CCCC(C)CCOC(=O)CN(CCN(CC(=O)[O-])CC(=O)OCCC(C)CCCC(C)CCCC(C)CCCC(C)C)CC(=O)[O-].[Mn+2]. The number of esters is 2. The average Bonchev–Trinajstić information content (AvgIpc) is 3.13. The van der Waals surface area contributed by atoms with Gasteiger partial charge in [0.25, 0.3) is 0 Å². The molecule has 0 aliphatic carbocycles. The van der Waals surface area contributed by atoms with Crippen molar-refractivity contribution in [3.63, 3.8) is 0 Å². The Hall–Kier alpha value is -1.68. The summed E-state index contributed by atoms with van der Waals surface area (Å²) in [5.74, 6) is 1.58. The summed E-state index contributed by atoms with van der Waals surface area (Å²) in [5.41, 5.74) is 0. The number of carbonyl (C=O) groups is 4. The van der Waals surface area contributed by atoms with E-state index in [1.807, 2.05) is 0 Å². The number of ether oxygens (including phenoxy) is 2. The first kappa shape index (κ1) is 61.4. The molecule has 1 radical (unpaired) electrons. The van der Waals surface area contributed by atoms with Gasteiger partial charge in [0.1, 0.15) is 0 Å². The molecule has 10 nitrogen and oxygen atoms in total. The Balaban J connectivity index is 0. The third-order valence-corrected chi connectivity index (χ3v) is 12.4. The molecule has 0 fully saturated rings. The van der Waals surface area contributed by atoms with Gasteiger partial charge in [-0.15, -0.1) is 0 Å². The molecule has 11 heteroatoms. The fourth-order valence-corrected chi connectivity index (χ4v) is 8.15. The molecule has 0 aromatic heterocycles. The van der Waals surface area contributed by atoms with Crippen molar-refractivity contribution >= 4 is 23.9 Å². The van der Waals surface area contributed by atoms with Gasteiger partial charge in [0.05, 0.1) is 38.2 Å². The van der Waals surface area contributed by atoms with Gasteiger partial charge >= 0.3 is 29.0 Å². The molecule has 0 aliphatic heterocycles. The Morgan fingerprint density at radius 1 is 0.377 bits per heavy atom. The molecule has 0 amide bonds. The maximum absolute atomic E-state index is 12.7. The maximum Gasteiger partial charge on any atom is 2.00 e. The van der Waals surface area contributed by atoms with Crippen molar-refractivity contribution in [3.8, 4) is 0 Å². The molecular weight excluding hydrogens is 811 g/mol. The first-order valence-electron chi connectivity index (χ1n) is 24.5. The summed E-state index contributed by atoms with van der Waals surface area (Å²) in [5, 5.41) is 22.9. The number of hydrogen-bond acceptors (Lipinski definition) is 10. The zero-order valence-corrected chi connectivity index (χ0v) is 42.1. The van der Waals surface area contributed by atoms with Crippen LogP contribution in [-0.4, -0.2) is 86.2 Å². The van der Waals surface area contributed by atoms with Crippen LogP contribution in [-0.2, 0) is 45.7 Å². The molecule has 61 heavy (non-hydrogen) atoms. The molecular formula is C50H94MnN2O8. The smallest absolute Gasteiger partial charge is 0.549 e. The molecule has 0 aromatic carbocycles. The van der Waals surface area contributed by atoms with Gasteiger partial charge in [0.2, 0.25) is 0 Å². The van der Waals surface area contributed by atoms with Crippen molar-refractivity contribution in [2.24, 2.45) is 47.3 Å². The third kappa shape index (κ3) is 40.8. The summed E-state index contributed by atoms with van der Waals surface area (Å²) in [7, 11) is 0. The fourth-order valence-electron chi connectivity index (χ4n) is 8.15. The van der Waals surface area contributed by atoms with E-state index in [0.29, 0.717) is 23.7 Å². The monoisotopic (exact) mass is 906 g/mol. The topological polar surface area (TPSA) is 139 Å². The van der Waals surface area contributed by atoms with Crippen LogP contribution in [0.4, 0.5) is 0 Å². The Morgan fingerprint density at radius 3 is 0.836 bits per heavy atom. The molecule has 0 saturated heterocycles. The third-order valence-electron chi connectivity index (χ3n) is 12.4. The minimum absolute atomic E-state index is 0. The largest absolute Gasteiger partial charge is 2.00 e. The summed E-state index contributed by atoms with van der Waals surface area (Å²) in [6, 6.07) is 0. The van der Waals surface area contributed by atoms with Crippen LogP contribution in [0.3, 0.4) is 0 Å². The Bertz CT molecular complexity index is 1020. The number of aliphatic carboxylic acids is 2. The van der Waals surface area contributed by atoms with Crippen LogP contribution < -0.4 is 10.2 Å². The molecule has 6 atom stereocenters. The van der Waals surface area contributed by atoms with Crippen molar-refractivity contribution in [1.82, 2.24) is 9.80 Å². The van der Waals surface area contributed by atoms with Crippen LogP contribution >= 0.6 is 0 Å². The van der Waals surface area contributed by atoms with Gasteiger partial charge in [0, 0.05) is 26.2 Å². The van der Waals surface area contributed by atoms with Gasteiger partial charge in [-0.1, -0.05) is 185 Å². The number of carbonyl (C=O) groups excluding carboxylic acids is 4. The van der Waals surface area contributed by atoms with E-state index >= 15 is 0 Å². The second-order valence-corrected chi connectivity index (χ2v) is 20.2. The fraction of sp³-hybridized carbons (Fsp3) is 0.920. The molecule has 0 bridgehead atoms. The molecule has 0 saturated carbocycles. The van der Waals surface area contributed by atoms with Crippen LogP contribution in [0.1, 0.15) is 198 Å². The molecule has 0 N–H and O–H groups in total. The second kappa shape index (κ2) is 38.7. The van der Waals surface area contributed by atoms with Gasteiger partial charge < -0.3 is 29.3 Å². The normalized spacial score (nSPS) is 14.7. The van der Waals surface area contributed by atoms with E-state index < -0.39 is 37.0 Å². The summed E-state index contributed by atoms with van der Waals surface area (Å²) in [6.07, 6.45) is 24.1. The quantitative estimate of drug-likeness (QED) is 0.0431. The number of rotatable bonds is 41. The zero-order valence-electron chi connectivity index (χ0n) is 41.0. The Labute approximate surface area is 385 Å². The van der Waals surface area contributed by atoms with Gasteiger partial charge in [-0.2, -0.15) is 0 Å². The second-order valence-electron chi connectivity index (χ2n) is 20.2. The minimum Gasteiger partial charge on any atom is -0.549 e. The van der Waals surface area contributed by atoms with E-state index in [0.717, 1.165) is 62.2 Å².